The van der Waals surface area contributed by atoms with Gasteiger partial charge in [0, 0.05) is 35.1 Å². The number of aliphatic carboxylic acids is 1. The van der Waals surface area contributed by atoms with Crippen molar-refractivity contribution in [2.75, 3.05) is 30.6 Å². The minimum atomic E-state index is -3.32. The lowest BCUT2D eigenvalue weighted by Crippen LogP contribution is -2.67. The fourth-order valence-electron chi connectivity index (χ4n) is 7.77. The first kappa shape index (κ1) is 39.8. The first-order chi connectivity index (χ1) is 26.6. The van der Waals surface area contributed by atoms with Gasteiger partial charge in [-0.1, -0.05) is 131 Å². The van der Waals surface area contributed by atoms with E-state index in [0.717, 1.165) is 31.0 Å². The highest BCUT2D eigenvalue weighted by Gasteiger charge is 2.51. The van der Waals surface area contributed by atoms with Crippen LogP contribution in [-0.2, 0) is 26.0 Å². The highest BCUT2D eigenvalue weighted by Crippen LogP contribution is 2.46. The number of thiol groups is 1. The summed E-state index contributed by atoms with van der Waals surface area (Å²) in [7, 11) is -3.32. The zero-order chi connectivity index (χ0) is 39.0. The molecular weight excluding hydrogens is 786 g/mol. The summed E-state index contributed by atoms with van der Waals surface area (Å²) in [6, 6.07) is 42.5. The van der Waals surface area contributed by atoms with E-state index >= 15 is 0 Å². The number of aliphatic hydroxyl groups excluding tert-OH is 1. The summed E-state index contributed by atoms with van der Waals surface area (Å²) in [4.78, 5) is 25.3. The maximum Gasteiger partial charge on any atom is 0.303 e. The Hall–Kier alpha value is -4.92. The second-order valence-corrected chi connectivity index (χ2v) is 15.4. The van der Waals surface area contributed by atoms with Crippen molar-refractivity contribution in [2.24, 2.45) is 5.92 Å². The first-order valence-corrected chi connectivity index (χ1v) is 19.9. The van der Waals surface area contributed by atoms with E-state index in [-0.39, 0.29) is 49.5 Å². The molecule has 0 aromatic heterocycles. The molecule has 1 aliphatic rings. The summed E-state index contributed by atoms with van der Waals surface area (Å²) >= 11 is 3.53. The minimum absolute atomic E-state index is 0.0480. The molecule has 6 rings (SSSR count). The number of hydrogen-bond acceptors (Lipinski definition) is 8. The lowest BCUT2D eigenvalue weighted by atomic mass is 9.74. The van der Waals surface area contributed by atoms with Crippen molar-refractivity contribution in [3.63, 3.8) is 0 Å². The normalized spacial score (nSPS) is 17.7. The molecule has 0 amide bonds. The number of carboxylic acids is 1. The minimum Gasteiger partial charge on any atom is -0.481 e. The number of ether oxygens (including phenoxy) is 1. The Morgan fingerprint density at radius 2 is 1.36 bits per heavy atom. The van der Waals surface area contributed by atoms with E-state index in [9.17, 15) is 33.5 Å². The lowest BCUT2D eigenvalue weighted by molar-refractivity contribution is -0.384. The second-order valence-electron chi connectivity index (χ2n) is 13.5. The maximum atomic E-state index is 13.0. The van der Waals surface area contributed by atoms with Gasteiger partial charge in [-0.15, -0.1) is 0 Å². The molecule has 5 aromatic carbocycles. The Morgan fingerprint density at radius 3 is 1.85 bits per heavy atom. The van der Waals surface area contributed by atoms with Gasteiger partial charge < -0.3 is 14.9 Å². The smallest absolute Gasteiger partial charge is 0.303 e. The van der Waals surface area contributed by atoms with Crippen LogP contribution in [0.2, 0.25) is 0 Å². The fraction of sp³-hybridized carbons (Fsp3) is 0.262. The number of hydrogen-bond donors (Lipinski definition) is 3. The van der Waals surface area contributed by atoms with Crippen LogP contribution < -0.4 is 4.31 Å². The quantitative estimate of drug-likeness (QED) is 0.0367. The maximum absolute atomic E-state index is 13.0. The van der Waals surface area contributed by atoms with Crippen LogP contribution in [0.3, 0.4) is 0 Å². The number of benzene rings is 5. The van der Waals surface area contributed by atoms with Crippen LogP contribution in [0.4, 0.5) is 11.4 Å². The summed E-state index contributed by atoms with van der Waals surface area (Å²) in [5.74, 6) is -1.90. The fourth-order valence-corrected chi connectivity index (χ4v) is 8.68. The molecule has 286 valence electrons. The summed E-state index contributed by atoms with van der Waals surface area (Å²) in [5, 5.41) is 31.8. The van der Waals surface area contributed by atoms with E-state index in [1.54, 1.807) is 6.07 Å². The Kier molecular flexibility index (Phi) is 13.1. The number of aliphatic hydroxyl groups is 1. The molecule has 0 bridgehead atoms. The van der Waals surface area contributed by atoms with Gasteiger partial charge in [-0.25, -0.2) is 8.42 Å². The topological polar surface area (TPSA) is 151 Å². The van der Waals surface area contributed by atoms with E-state index in [0.29, 0.717) is 13.0 Å². The molecule has 0 spiro atoms. The van der Waals surface area contributed by atoms with Gasteiger partial charge in [-0.3, -0.25) is 24.1 Å². The number of nitro benzene ring substituents is 1. The van der Waals surface area contributed by atoms with Gasteiger partial charge in [-0.05, 0) is 59.3 Å². The van der Waals surface area contributed by atoms with Crippen molar-refractivity contribution in [1.29, 1.82) is 0 Å². The number of rotatable bonds is 18. The van der Waals surface area contributed by atoms with E-state index < -0.39 is 39.3 Å². The molecule has 13 heteroatoms. The van der Waals surface area contributed by atoms with Gasteiger partial charge in [0.1, 0.15) is 11.3 Å². The van der Waals surface area contributed by atoms with Crippen molar-refractivity contribution in [1.82, 2.24) is 4.90 Å². The summed E-state index contributed by atoms with van der Waals surface area (Å²) < 4.78 is 35.2. The largest absolute Gasteiger partial charge is 0.481 e. The average molecular weight is 829 g/mol. The third kappa shape index (κ3) is 8.82. The third-order valence-electron chi connectivity index (χ3n) is 10.4. The average Bonchev–Trinajstić information content (AvgIpc) is 3.20. The number of para-hydroxylation sites is 2. The van der Waals surface area contributed by atoms with Crippen molar-refractivity contribution in [2.45, 2.75) is 36.4 Å². The number of nitrogens with zero attached hydrogens (tertiary/aromatic N) is 3. The molecular formula is C42H42BrN3O8S. The Bertz CT molecular complexity index is 2020. The predicted molar refractivity (Wildman–Crippen MR) is 215 cm³/mol. The number of anilines is 1. The van der Waals surface area contributed by atoms with Crippen LogP contribution in [0.5, 0.6) is 0 Å². The van der Waals surface area contributed by atoms with Crippen LogP contribution in [0.15, 0.2) is 144 Å². The standard InChI is InChI=1S/C42H42BrN3O8S/c43-35-22-20-31(21-23-35)41-38(27-45(55(52)53)36-18-10-11-19-37(36)46(50)51)44(25-24-30(28-47)26-40(48)49)39(41)29-54-42(32-12-4-1-5-13-32,33-14-6-2-7-15-33)34-16-8-3-9-17-34/h1-23,30,38-39,41,47,55H,24-29H2,(H,48,49)/t30-,38-,39+,41+/m0/s1. The van der Waals surface area contributed by atoms with Crippen LogP contribution in [0.25, 0.3) is 0 Å². The van der Waals surface area contributed by atoms with E-state index in [1.165, 1.54) is 18.2 Å². The van der Waals surface area contributed by atoms with Gasteiger partial charge in [0.15, 0.2) is 0 Å². The molecule has 2 N–H and O–H groups in total. The van der Waals surface area contributed by atoms with Gasteiger partial charge in [-0.2, -0.15) is 0 Å². The monoisotopic (exact) mass is 827 g/mol. The molecule has 1 aliphatic heterocycles. The molecule has 11 nitrogen and oxygen atoms in total. The number of likely N-dealkylation sites (tertiary alicyclic amines) is 1. The summed E-state index contributed by atoms with van der Waals surface area (Å²) in [5.41, 5.74) is 2.18. The molecule has 0 unspecified atom stereocenters. The van der Waals surface area contributed by atoms with Crippen molar-refractivity contribution in [3.8, 4) is 0 Å². The molecule has 0 aliphatic carbocycles. The van der Waals surface area contributed by atoms with E-state index in [2.05, 4.69) is 20.8 Å². The Labute approximate surface area is 330 Å². The van der Waals surface area contributed by atoms with Gasteiger partial charge in [0.25, 0.3) is 5.69 Å². The molecule has 0 radical (unpaired) electrons. The third-order valence-corrected chi connectivity index (χ3v) is 11.7. The zero-order valence-corrected chi connectivity index (χ0v) is 32.3. The molecule has 4 atom stereocenters. The van der Waals surface area contributed by atoms with Gasteiger partial charge in [0.2, 0.25) is 10.9 Å². The molecule has 1 fully saturated rings. The first-order valence-electron chi connectivity index (χ1n) is 17.9. The summed E-state index contributed by atoms with van der Waals surface area (Å²) in [6.07, 6.45) is 0.0687. The highest BCUT2D eigenvalue weighted by atomic mass is 79.9. The predicted octanol–water partition coefficient (Wildman–Crippen LogP) is 7.01. The number of carboxylic acid groups (broad SMARTS) is 1. The van der Waals surface area contributed by atoms with Gasteiger partial charge in [0.05, 0.1) is 24.5 Å². The Morgan fingerprint density at radius 1 is 0.836 bits per heavy atom. The molecule has 5 aromatic rings. The highest BCUT2D eigenvalue weighted by molar-refractivity contribution is 9.10. The van der Waals surface area contributed by atoms with Crippen LogP contribution in [0.1, 0.15) is 41.0 Å². The van der Waals surface area contributed by atoms with Crippen LogP contribution in [-0.4, -0.2) is 72.8 Å². The van der Waals surface area contributed by atoms with Crippen LogP contribution in [0, 0.1) is 16.0 Å². The lowest BCUT2D eigenvalue weighted by Gasteiger charge is -2.57. The molecule has 0 saturated carbocycles. The molecule has 1 saturated heterocycles. The van der Waals surface area contributed by atoms with Crippen molar-refractivity contribution >= 4 is 44.2 Å². The molecule has 55 heavy (non-hydrogen) atoms. The van der Waals surface area contributed by atoms with Crippen LogP contribution >= 0.6 is 15.9 Å². The van der Waals surface area contributed by atoms with E-state index in [4.69, 9.17) is 4.74 Å². The molecule has 1 heterocycles. The van der Waals surface area contributed by atoms with Crippen molar-refractivity contribution in [3.05, 3.63) is 176 Å². The summed E-state index contributed by atoms with van der Waals surface area (Å²) in [6.45, 7) is 0.00788. The SMILES string of the molecule is O=C(O)C[C@@H](CO)CCN1[C@H](COC(c2ccccc2)(c2ccccc2)c2ccccc2)[C@H](c2ccc(Br)cc2)[C@@H]1CN(c1ccccc1[N+](=O)[O-])[SH](=O)=O. The second kappa shape index (κ2) is 18.1. The zero-order valence-electron chi connectivity index (χ0n) is 29.8. The Balaban J connectivity index is 1.46. The van der Waals surface area contributed by atoms with Gasteiger partial charge >= 0.3 is 5.97 Å². The number of nitro groups is 1. The number of carbonyl (C=O) groups is 1. The van der Waals surface area contributed by atoms with Crippen molar-refractivity contribution < 1.29 is 33.1 Å². The number of halogens is 1. The van der Waals surface area contributed by atoms with E-state index in [1.807, 2.05) is 115 Å².